The van der Waals surface area contributed by atoms with Gasteiger partial charge in [-0.25, -0.2) is 0 Å². The zero-order valence-corrected chi connectivity index (χ0v) is 11.1. The van der Waals surface area contributed by atoms with Gasteiger partial charge in [0.2, 0.25) is 0 Å². The summed E-state index contributed by atoms with van der Waals surface area (Å²) < 4.78 is 11.5. The van der Waals surface area contributed by atoms with Crippen molar-refractivity contribution in [3.63, 3.8) is 0 Å². The first kappa shape index (κ1) is 13.4. The molecule has 0 amide bonds. The first-order valence-corrected chi connectivity index (χ1v) is 6.85. The maximum atomic E-state index is 5.87. The topological polar surface area (TPSA) is 30.5 Å². The fraction of sp³-hybridized carbons (Fsp3) is 0.600. The summed E-state index contributed by atoms with van der Waals surface area (Å²) in [4.78, 5) is 0. The SMILES string of the molecule is CNC1CCCC(OCCOc2ccccc2)C1. The molecule has 1 aromatic rings. The van der Waals surface area contributed by atoms with Gasteiger partial charge in [-0.05, 0) is 44.9 Å². The van der Waals surface area contributed by atoms with E-state index in [-0.39, 0.29) is 0 Å². The van der Waals surface area contributed by atoms with Crippen LogP contribution in [-0.2, 0) is 4.74 Å². The molecule has 1 N–H and O–H groups in total. The quantitative estimate of drug-likeness (QED) is 0.786. The normalized spacial score (nSPS) is 23.8. The lowest BCUT2D eigenvalue weighted by Crippen LogP contribution is -2.35. The summed E-state index contributed by atoms with van der Waals surface area (Å²) >= 11 is 0. The number of para-hydroxylation sites is 1. The van der Waals surface area contributed by atoms with Crippen molar-refractivity contribution in [2.45, 2.75) is 37.8 Å². The second-order valence-corrected chi connectivity index (χ2v) is 4.81. The van der Waals surface area contributed by atoms with Crippen molar-refractivity contribution in [2.75, 3.05) is 20.3 Å². The number of ether oxygens (including phenoxy) is 2. The lowest BCUT2D eigenvalue weighted by atomic mass is 9.93. The molecule has 1 aliphatic rings. The summed E-state index contributed by atoms with van der Waals surface area (Å²) in [6, 6.07) is 10.5. The van der Waals surface area contributed by atoms with Crippen LogP contribution in [0, 0.1) is 0 Å². The third kappa shape index (κ3) is 4.31. The molecule has 0 radical (unpaired) electrons. The van der Waals surface area contributed by atoms with E-state index in [0.717, 1.165) is 12.2 Å². The third-order valence-corrected chi connectivity index (χ3v) is 3.48. The third-order valence-electron chi connectivity index (χ3n) is 3.48. The van der Waals surface area contributed by atoms with Gasteiger partial charge in [-0.2, -0.15) is 0 Å². The minimum absolute atomic E-state index is 0.399. The lowest BCUT2D eigenvalue weighted by Gasteiger charge is -2.28. The molecule has 0 aromatic heterocycles. The Balaban J connectivity index is 1.60. The van der Waals surface area contributed by atoms with Crippen LogP contribution in [0.15, 0.2) is 30.3 Å². The summed E-state index contributed by atoms with van der Waals surface area (Å²) in [6.45, 7) is 1.31. The molecule has 1 aromatic carbocycles. The van der Waals surface area contributed by atoms with Gasteiger partial charge in [-0.3, -0.25) is 0 Å². The Morgan fingerprint density at radius 2 is 2.00 bits per heavy atom. The van der Waals surface area contributed by atoms with E-state index in [4.69, 9.17) is 9.47 Å². The van der Waals surface area contributed by atoms with Crippen molar-refractivity contribution in [1.29, 1.82) is 0 Å². The van der Waals surface area contributed by atoms with E-state index in [9.17, 15) is 0 Å². The number of hydrogen-bond acceptors (Lipinski definition) is 3. The van der Waals surface area contributed by atoms with Gasteiger partial charge in [0, 0.05) is 6.04 Å². The fourth-order valence-electron chi connectivity index (χ4n) is 2.45. The highest BCUT2D eigenvalue weighted by Crippen LogP contribution is 2.20. The summed E-state index contributed by atoms with van der Waals surface area (Å²) in [5, 5.41) is 3.34. The molecular weight excluding hydrogens is 226 g/mol. The average molecular weight is 249 g/mol. The highest BCUT2D eigenvalue weighted by molar-refractivity contribution is 5.20. The van der Waals surface area contributed by atoms with Crippen LogP contribution >= 0.6 is 0 Å². The van der Waals surface area contributed by atoms with Crippen molar-refractivity contribution in [1.82, 2.24) is 5.32 Å². The van der Waals surface area contributed by atoms with Crippen LogP contribution in [0.1, 0.15) is 25.7 Å². The number of benzene rings is 1. The molecule has 1 fully saturated rings. The molecule has 3 heteroatoms. The van der Waals surface area contributed by atoms with Crippen molar-refractivity contribution >= 4 is 0 Å². The van der Waals surface area contributed by atoms with Gasteiger partial charge in [-0.15, -0.1) is 0 Å². The summed E-state index contributed by atoms with van der Waals surface area (Å²) in [6.07, 6.45) is 5.24. The van der Waals surface area contributed by atoms with Crippen LogP contribution in [0.2, 0.25) is 0 Å². The van der Waals surface area contributed by atoms with Gasteiger partial charge in [-0.1, -0.05) is 18.2 Å². The summed E-state index contributed by atoms with van der Waals surface area (Å²) in [5.41, 5.74) is 0. The Hall–Kier alpha value is -1.06. The highest BCUT2D eigenvalue weighted by atomic mass is 16.5. The Bertz CT molecular complexity index is 329. The molecule has 18 heavy (non-hydrogen) atoms. The second-order valence-electron chi connectivity index (χ2n) is 4.81. The van der Waals surface area contributed by atoms with Crippen molar-refractivity contribution in [2.24, 2.45) is 0 Å². The molecule has 3 nitrogen and oxygen atoms in total. The van der Waals surface area contributed by atoms with Crippen LogP contribution < -0.4 is 10.1 Å². The molecule has 2 rings (SSSR count). The van der Waals surface area contributed by atoms with E-state index in [2.05, 4.69) is 5.32 Å². The molecule has 0 saturated heterocycles. The first-order valence-electron chi connectivity index (χ1n) is 6.85. The van der Waals surface area contributed by atoms with Crippen LogP contribution in [0.3, 0.4) is 0 Å². The second kappa shape index (κ2) is 7.39. The number of hydrogen-bond donors (Lipinski definition) is 1. The molecule has 2 atom stereocenters. The molecule has 1 saturated carbocycles. The van der Waals surface area contributed by atoms with Gasteiger partial charge in [0.05, 0.1) is 12.7 Å². The molecular formula is C15H23NO2. The fourth-order valence-corrected chi connectivity index (χ4v) is 2.45. The van der Waals surface area contributed by atoms with Gasteiger partial charge in [0.25, 0.3) is 0 Å². The minimum atomic E-state index is 0.399. The Labute approximate surface area is 109 Å². The van der Waals surface area contributed by atoms with E-state index in [1.807, 2.05) is 37.4 Å². The van der Waals surface area contributed by atoms with Crippen LogP contribution in [-0.4, -0.2) is 32.4 Å². The van der Waals surface area contributed by atoms with Crippen molar-refractivity contribution in [3.8, 4) is 5.75 Å². The standard InChI is InChI=1S/C15H23NO2/c1-16-13-6-5-9-15(12-13)18-11-10-17-14-7-3-2-4-8-14/h2-4,7-8,13,15-16H,5-6,9-12H2,1H3. The van der Waals surface area contributed by atoms with E-state index < -0.39 is 0 Å². The van der Waals surface area contributed by atoms with Gasteiger partial charge in [0.1, 0.15) is 12.4 Å². The van der Waals surface area contributed by atoms with Gasteiger partial charge >= 0.3 is 0 Å². The highest BCUT2D eigenvalue weighted by Gasteiger charge is 2.20. The Kier molecular flexibility index (Phi) is 5.49. The predicted molar refractivity (Wildman–Crippen MR) is 73.0 cm³/mol. The lowest BCUT2D eigenvalue weighted by molar-refractivity contribution is 0.00614. The first-order chi connectivity index (χ1) is 8.88. The van der Waals surface area contributed by atoms with Crippen molar-refractivity contribution in [3.05, 3.63) is 30.3 Å². The maximum absolute atomic E-state index is 5.87. The van der Waals surface area contributed by atoms with E-state index in [1.54, 1.807) is 0 Å². The van der Waals surface area contributed by atoms with E-state index >= 15 is 0 Å². The average Bonchev–Trinajstić information content (AvgIpc) is 2.45. The molecule has 1 aliphatic carbocycles. The van der Waals surface area contributed by atoms with E-state index in [0.29, 0.717) is 25.4 Å². The molecule has 0 bridgehead atoms. The molecule has 0 aliphatic heterocycles. The van der Waals surface area contributed by atoms with Crippen LogP contribution in [0.25, 0.3) is 0 Å². The van der Waals surface area contributed by atoms with Crippen molar-refractivity contribution < 1.29 is 9.47 Å². The molecule has 100 valence electrons. The zero-order valence-electron chi connectivity index (χ0n) is 11.1. The van der Waals surface area contributed by atoms with Gasteiger partial charge in [0.15, 0.2) is 0 Å². The summed E-state index contributed by atoms with van der Waals surface area (Å²) in [5.74, 6) is 0.915. The predicted octanol–water partition coefficient (Wildman–Crippen LogP) is 2.61. The molecule has 0 spiro atoms. The number of rotatable bonds is 6. The Morgan fingerprint density at radius 3 is 2.78 bits per heavy atom. The van der Waals surface area contributed by atoms with Crippen LogP contribution in [0.4, 0.5) is 0 Å². The molecule has 2 unspecified atom stereocenters. The summed E-state index contributed by atoms with van der Waals surface area (Å²) in [7, 11) is 2.03. The Morgan fingerprint density at radius 1 is 1.17 bits per heavy atom. The molecule has 0 heterocycles. The maximum Gasteiger partial charge on any atom is 0.119 e. The van der Waals surface area contributed by atoms with Crippen LogP contribution in [0.5, 0.6) is 5.75 Å². The van der Waals surface area contributed by atoms with E-state index in [1.165, 1.54) is 19.3 Å². The largest absolute Gasteiger partial charge is 0.491 e. The minimum Gasteiger partial charge on any atom is -0.491 e. The monoisotopic (exact) mass is 249 g/mol. The number of nitrogens with one attached hydrogen (secondary N) is 1. The van der Waals surface area contributed by atoms with Gasteiger partial charge < -0.3 is 14.8 Å². The zero-order chi connectivity index (χ0) is 12.6. The smallest absolute Gasteiger partial charge is 0.119 e.